The van der Waals surface area contributed by atoms with Gasteiger partial charge in [-0.25, -0.2) is 9.97 Å². The van der Waals surface area contributed by atoms with Crippen molar-refractivity contribution in [1.29, 1.82) is 0 Å². The molecule has 0 amide bonds. The van der Waals surface area contributed by atoms with Crippen LogP contribution in [-0.2, 0) is 33.3 Å². The summed E-state index contributed by atoms with van der Waals surface area (Å²) in [4.78, 5) is 57.5. The van der Waals surface area contributed by atoms with Gasteiger partial charge in [0.25, 0.3) is 5.56 Å². The van der Waals surface area contributed by atoms with E-state index in [9.17, 15) is 19.2 Å². The number of hydrogen-bond acceptors (Lipinski definition) is 10. The molecule has 5 atom stereocenters. The zero-order valence-corrected chi connectivity index (χ0v) is 16.1. The van der Waals surface area contributed by atoms with Crippen LogP contribution in [0, 0.1) is 0 Å². The van der Waals surface area contributed by atoms with Crippen molar-refractivity contribution in [3.05, 3.63) is 23.0 Å². The maximum atomic E-state index is 12.0. The number of aromatic amines is 1. The lowest BCUT2D eigenvalue weighted by Gasteiger charge is -2.43. The number of imidazole rings is 1. The van der Waals surface area contributed by atoms with Crippen molar-refractivity contribution in [3.63, 3.8) is 0 Å². The van der Waals surface area contributed by atoms with Crippen molar-refractivity contribution in [2.24, 2.45) is 0 Å². The van der Waals surface area contributed by atoms with Gasteiger partial charge < -0.3 is 23.9 Å². The Balaban J connectivity index is 2.10. The zero-order chi connectivity index (χ0) is 21.3. The fourth-order valence-corrected chi connectivity index (χ4v) is 3.26. The summed E-state index contributed by atoms with van der Waals surface area (Å²) in [5.74, 6) is -1.96. The third-order valence-corrected chi connectivity index (χ3v) is 4.29. The second-order valence-corrected chi connectivity index (χ2v) is 6.51. The summed E-state index contributed by atoms with van der Waals surface area (Å²) in [6.45, 7) is 5.17. The van der Waals surface area contributed by atoms with Crippen LogP contribution in [0.25, 0.3) is 11.2 Å². The van der Waals surface area contributed by atoms with Gasteiger partial charge in [0.15, 0.2) is 35.7 Å². The second kappa shape index (κ2) is 7.99. The number of nitrogens with zero attached hydrogens (tertiary/aromatic N) is 3. The molecular formula is C17H20N4O8. The molecule has 2 aromatic heterocycles. The predicted molar refractivity (Wildman–Crippen MR) is 94.4 cm³/mol. The van der Waals surface area contributed by atoms with Gasteiger partial charge in [0.2, 0.25) is 0 Å². The number of esters is 3. The average molecular weight is 408 g/mol. The van der Waals surface area contributed by atoms with E-state index in [1.54, 1.807) is 6.92 Å². The number of hydrogen-bond donors (Lipinski definition) is 1. The summed E-state index contributed by atoms with van der Waals surface area (Å²) in [5.41, 5.74) is -0.233. The summed E-state index contributed by atoms with van der Waals surface area (Å²) in [7, 11) is 0. The number of fused-ring (bicyclic) bond motifs is 1. The lowest BCUT2D eigenvalue weighted by Crippen LogP contribution is -2.58. The molecule has 12 heteroatoms. The monoisotopic (exact) mass is 408 g/mol. The highest BCUT2D eigenvalue weighted by Gasteiger charge is 2.51. The topological polar surface area (TPSA) is 152 Å². The van der Waals surface area contributed by atoms with Gasteiger partial charge in [0, 0.05) is 20.8 Å². The Morgan fingerprint density at radius 1 is 1.00 bits per heavy atom. The number of nitrogens with one attached hydrogen (secondary N) is 1. The maximum absolute atomic E-state index is 12.0. The number of carbonyl (C=O) groups is 3. The molecule has 156 valence electrons. The molecule has 3 heterocycles. The summed E-state index contributed by atoms with van der Waals surface area (Å²) in [6.07, 6.45) is -2.69. The average Bonchev–Trinajstić information content (AvgIpc) is 3.04. The van der Waals surface area contributed by atoms with Crippen molar-refractivity contribution in [3.8, 4) is 0 Å². The largest absolute Gasteiger partial charge is 0.456 e. The molecule has 0 aromatic carbocycles. The fraction of sp³-hybridized carbons (Fsp3) is 0.529. The first-order valence-electron chi connectivity index (χ1n) is 8.76. The van der Waals surface area contributed by atoms with Gasteiger partial charge in [-0.1, -0.05) is 0 Å². The highest BCUT2D eigenvalue weighted by atomic mass is 16.7. The molecule has 0 unspecified atom stereocenters. The van der Waals surface area contributed by atoms with Crippen molar-refractivity contribution < 1.29 is 33.3 Å². The van der Waals surface area contributed by atoms with E-state index in [-0.39, 0.29) is 11.2 Å². The molecule has 0 bridgehead atoms. The Morgan fingerprint density at radius 3 is 2.21 bits per heavy atom. The highest BCUT2D eigenvalue weighted by molar-refractivity contribution is 5.70. The molecule has 0 saturated carbocycles. The minimum atomic E-state index is -1.20. The van der Waals surface area contributed by atoms with Gasteiger partial charge >= 0.3 is 17.9 Å². The van der Waals surface area contributed by atoms with Crippen LogP contribution < -0.4 is 5.56 Å². The SMILES string of the molecule is CC(=O)O[C@@H]1[C@H](OC(C)=O)[C@H](n2cnc3c(=O)[nH]cnc32)O[C@H](C)[C@H]1OC(C)=O. The van der Waals surface area contributed by atoms with Crippen LogP contribution in [0.2, 0.25) is 0 Å². The van der Waals surface area contributed by atoms with Crippen molar-refractivity contribution >= 4 is 29.1 Å². The lowest BCUT2D eigenvalue weighted by atomic mass is 9.97. The minimum Gasteiger partial charge on any atom is -0.456 e. The molecule has 2 aromatic rings. The molecule has 0 radical (unpaired) electrons. The van der Waals surface area contributed by atoms with E-state index in [0.29, 0.717) is 0 Å². The Morgan fingerprint density at radius 2 is 1.59 bits per heavy atom. The molecule has 12 nitrogen and oxygen atoms in total. The third kappa shape index (κ3) is 4.11. The first kappa shape index (κ1) is 20.5. The molecule has 1 aliphatic rings. The normalized spacial score (nSPS) is 26.7. The number of ether oxygens (including phenoxy) is 4. The van der Waals surface area contributed by atoms with Gasteiger partial charge in [0.1, 0.15) is 0 Å². The predicted octanol–water partition coefficient (Wildman–Crippen LogP) is -0.168. The molecule has 1 saturated heterocycles. The van der Waals surface area contributed by atoms with Crippen LogP contribution in [0.1, 0.15) is 33.9 Å². The molecule has 1 aliphatic heterocycles. The molecule has 29 heavy (non-hydrogen) atoms. The summed E-state index contributed by atoms with van der Waals surface area (Å²) >= 11 is 0. The molecule has 1 N–H and O–H groups in total. The van der Waals surface area contributed by atoms with Gasteiger partial charge in [-0.2, -0.15) is 0 Å². The number of rotatable bonds is 4. The number of H-pyrrole nitrogens is 1. The summed E-state index contributed by atoms with van der Waals surface area (Å²) in [6, 6.07) is 0. The second-order valence-electron chi connectivity index (χ2n) is 6.51. The van der Waals surface area contributed by atoms with E-state index in [1.807, 2.05) is 0 Å². The van der Waals surface area contributed by atoms with E-state index >= 15 is 0 Å². The van der Waals surface area contributed by atoms with Crippen LogP contribution in [0.3, 0.4) is 0 Å². The quantitative estimate of drug-likeness (QED) is 0.533. The van der Waals surface area contributed by atoms with E-state index in [1.165, 1.54) is 38.0 Å². The van der Waals surface area contributed by atoms with Crippen LogP contribution in [0.4, 0.5) is 0 Å². The van der Waals surface area contributed by atoms with E-state index < -0.39 is 54.1 Å². The standard InChI is InChI=1S/C17H20N4O8/c1-7-12(27-8(2)22)13(28-9(3)23)14(29-10(4)24)17(26-7)21-6-20-11-15(21)18-5-19-16(11)25/h5-7,12-14,17H,1-4H3,(H,18,19,25)/t7-,12-,13+,14+,17-/m1/s1. The first-order chi connectivity index (χ1) is 13.7. The van der Waals surface area contributed by atoms with Crippen LogP contribution >= 0.6 is 0 Å². The Hall–Kier alpha value is -3.28. The Labute approximate surface area is 164 Å². The number of carbonyl (C=O) groups excluding carboxylic acids is 3. The Kier molecular flexibility index (Phi) is 5.64. The summed E-state index contributed by atoms with van der Waals surface area (Å²) in [5, 5.41) is 0. The molecule has 0 spiro atoms. The first-order valence-corrected chi connectivity index (χ1v) is 8.76. The van der Waals surface area contributed by atoms with Crippen molar-refractivity contribution in [2.75, 3.05) is 0 Å². The van der Waals surface area contributed by atoms with Crippen LogP contribution in [-0.4, -0.2) is 61.8 Å². The molecule has 1 fully saturated rings. The van der Waals surface area contributed by atoms with Crippen LogP contribution in [0.5, 0.6) is 0 Å². The van der Waals surface area contributed by atoms with Gasteiger partial charge in [0.05, 0.1) is 18.8 Å². The van der Waals surface area contributed by atoms with Gasteiger partial charge in [-0.3, -0.25) is 23.7 Å². The van der Waals surface area contributed by atoms with Crippen molar-refractivity contribution in [1.82, 2.24) is 19.5 Å². The molecule has 0 aliphatic carbocycles. The maximum Gasteiger partial charge on any atom is 0.303 e. The van der Waals surface area contributed by atoms with Gasteiger partial charge in [-0.05, 0) is 6.92 Å². The van der Waals surface area contributed by atoms with E-state index in [4.69, 9.17) is 18.9 Å². The minimum absolute atomic E-state index is 0.0523. The van der Waals surface area contributed by atoms with E-state index in [0.717, 1.165) is 0 Å². The number of aromatic nitrogens is 4. The van der Waals surface area contributed by atoms with Crippen molar-refractivity contribution in [2.45, 2.75) is 58.3 Å². The third-order valence-electron chi connectivity index (χ3n) is 4.29. The zero-order valence-electron chi connectivity index (χ0n) is 16.1. The Bertz CT molecular complexity index is 999. The van der Waals surface area contributed by atoms with Crippen LogP contribution in [0.15, 0.2) is 17.4 Å². The highest BCUT2D eigenvalue weighted by Crippen LogP contribution is 2.35. The van der Waals surface area contributed by atoms with E-state index in [2.05, 4.69) is 15.0 Å². The molecular weight excluding hydrogens is 388 g/mol. The summed E-state index contributed by atoms with van der Waals surface area (Å²) < 4.78 is 23.4. The lowest BCUT2D eigenvalue weighted by molar-refractivity contribution is -0.259. The molecule has 3 rings (SSSR count). The fourth-order valence-electron chi connectivity index (χ4n) is 3.26. The van der Waals surface area contributed by atoms with Gasteiger partial charge in [-0.15, -0.1) is 0 Å². The smallest absolute Gasteiger partial charge is 0.303 e.